The van der Waals surface area contributed by atoms with E-state index in [4.69, 9.17) is 4.74 Å². The van der Waals surface area contributed by atoms with Gasteiger partial charge in [-0.25, -0.2) is 0 Å². The van der Waals surface area contributed by atoms with Crippen LogP contribution in [0.5, 0.6) is 5.75 Å². The lowest BCUT2D eigenvalue weighted by Gasteiger charge is -2.17. The normalized spacial score (nSPS) is 15.1. The lowest BCUT2D eigenvalue weighted by atomic mass is 10.1. The van der Waals surface area contributed by atoms with Gasteiger partial charge in [-0.05, 0) is 60.5 Å². The Morgan fingerprint density at radius 3 is 2.35 bits per heavy atom. The zero-order chi connectivity index (χ0) is 23.9. The van der Waals surface area contributed by atoms with Crippen LogP contribution in [0.25, 0.3) is 0 Å². The van der Waals surface area contributed by atoms with Gasteiger partial charge in [0.15, 0.2) is 0 Å². The number of hydrogen-bond donors (Lipinski definition) is 2. The highest BCUT2D eigenvalue weighted by Crippen LogP contribution is 2.27. The Morgan fingerprint density at radius 1 is 0.971 bits per heavy atom. The fraction of sp³-hybridized carbons (Fsp3) is 0.222. The number of ether oxygens (including phenoxy) is 1. The molecule has 0 spiro atoms. The van der Waals surface area contributed by atoms with Crippen molar-refractivity contribution in [1.82, 2.24) is 5.32 Å². The Kier molecular flexibility index (Phi) is 7.22. The van der Waals surface area contributed by atoms with E-state index in [1.54, 1.807) is 60.5 Å². The Bertz CT molecular complexity index is 1140. The highest BCUT2D eigenvalue weighted by Gasteiger charge is 2.35. The Morgan fingerprint density at radius 2 is 1.68 bits per heavy atom. The highest BCUT2D eigenvalue weighted by molar-refractivity contribution is 6.03. The summed E-state index contributed by atoms with van der Waals surface area (Å²) in [6.07, 6.45) is 0.911. The topological polar surface area (TPSA) is 87.7 Å². The second-order valence-corrected chi connectivity index (χ2v) is 8.16. The molecule has 3 amide bonds. The van der Waals surface area contributed by atoms with E-state index in [0.29, 0.717) is 30.1 Å². The summed E-state index contributed by atoms with van der Waals surface area (Å²) >= 11 is 0. The van der Waals surface area contributed by atoms with Crippen LogP contribution in [0.3, 0.4) is 0 Å². The van der Waals surface area contributed by atoms with Gasteiger partial charge in [-0.15, -0.1) is 0 Å². The Labute approximate surface area is 198 Å². The number of benzene rings is 3. The smallest absolute Gasteiger partial charge is 0.251 e. The molecule has 3 aromatic carbocycles. The lowest BCUT2D eigenvalue weighted by Crippen LogP contribution is -2.28. The number of carbonyl (C=O) groups excluding carboxylic acids is 3. The van der Waals surface area contributed by atoms with Gasteiger partial charge >= 0.3 is 0 Å². The zero-order valence-corrected chi connectivity index (χ0v) is 19.0. The molecule has 7 heteroatoms. The molecule has 1 saturated heterocycles. The highest BCUT2D eigenvalue weighted by atomic mass is 16.5. The number of carbonyl (C=O) groups is 3. The van der Waals surface area contributed by atoms with E-state index in [1.807, 2.05) is 30.3 Å². The fourth-order valence-corrected chi connectivity index (χ4v) is 3.91. The number of nitrogens with one attached hydrogen (secondary N) is 2. The van der Waals surface area contributed by atoms with Crippen molar-refractivity contribution in [1.29, 1.82) is 0 Å². The Balaban J connectivity index is 1.28. The number of methoxy groups -OCH3 is 1. The lowest BCUT2D eigenvalue weighted by molar-refractivity contribution is -0.122. The van der Waals surface area contributed by atoms with E-state index in [-0.39, 0.29) is 24.1 Å². The van der Waals surface area contributed by atoms with Gasteiger partial charge in [0.25, 0.3) is 5.91 Å². The SMILES string of the molecule is COc1ccc(N2CC(C(=O)Nc3ccc(C(=O)NCCc4ccccc4)cc3)CC2=O)cc1. The van der Waals surface area contributed by atoms with Crippen LogP contribution in [0, 0.1) is 5.92 Å². The summed E-state index contributed by atoms with van der Waals surface area (Å²) in [7, 11) is 1.58. The van der Waals surface area contributed by atoms with E-state index >= 15 is 0 Å². The van der Waals surface area contributed by atoms with Crippen molar-refractivity contribution >= 4 is 29.1 Å². The molecule has 1 aliphatic rings. The molecule has 4 rings (SSSR count). The van der Waals surface area contributed by atoms with Crippen molar-refractivity contribution in [3.8, 4) is 5.75 Å². The maximum Gasteiger partial charge on any atom is 0.251 e. The van der Waals surface area contributed by atoms with Gasteiger partial charge in [0, 0.05) is 36.4 Å². The van der Waals surface area contributed by atoms with Crippen molar-refractivity contribution in [2.75, 3.05) is 30.4 Å². The van der Waals surface area contributed by atoms with Gasteiger partial charge in [0.1, 0.15) is 5.75 Å². The number of nitrogens with zero attached hydrogens (tertiary/aromatic N) is 1. The number of hydrogen-bond acceptors (Lipinski definition) is 4. The largest absolute Gasteiger partial charge is 0.497 e. The van der Waals surface area contributed by atoms with E-state index < -0.39 is 5.92 Å². The first-order valence-electron chi connectivity index (χ1n) is 11.2. The molecule has 0 aliphatic carbocycles. The van der Waals surface area contributed by atoms with Crippen LogP contribution in [-0.4, -0.2) is 37.9 Å². The third kappa shape index (κ3) is 5.61. The second-order valence-electron chi connectivity index (χ2n) is 8.16. The van der Waals surface area contributed by atoms with Crippen LogP contribution in [-0.2, 0) is 16.0 Å². The number of amides is 3. The molecule has 0 bridgehead atoms. The molecular formula is C27H27N3O4. The summed E-state index contributed by atoms with van der Waals surface area (Å²) in [5, 5.41) is 5.76. The molecule has 0 aromatic heterocycles. The first kappa shape index (κ1) is 23.0. The van der Waals surface area contributed by atoms with Gasteiger partial charge < -0.3 is 20.3 Å². The molecule has 0 saturated carbocycles. The third-order valence-electron chi connectivity index (χ3n) is 5.84. The third-order valence-corrected chi connectivity index (χ3v) is 5.84. The predicted octanol–water partition coefficient (Wildman–Crippen LogP) is 3.66. The molecular weight excluding hydrogens is 430 g/mol. The summed E-state index contributed by atoms with van der Waals surface area (Å²) in [6.45, 7) is 0.862. The van der Waals surface area contributed by atoms with E-state index in [0.717, 1.165) is 17.7 Å². The summed E-state index contributed by atoms with van der Waals surface area (Å²) in [4.78, 5) is 39.2. The molecule has 174 valence electrons. The minimum absolute atomic E-state index is 0.0900. The van der Waals surface area contributed by atoms with Crippen LogP contribution in [0.4, 0.5) is 11.4 Å². The van der Waals surface area contributed by atoms with E-state index in [9.17, 15) is 14.4 Å². The molecule has 7 nitrogen and oxygen atoms in total. The van der Waals surface area contributed by atoms with Crippen molar-refractivity contribution in [2.45, 2.75) is 12.8 Å². The number of rotatable bonds is 8. The quantitative estimate of drug-likeness (QED) is 0.540. The molecule has 1 heterocycles. The average Bonchev–Trinajstić information content (AvgIpc) is 3.27. The van der Waals surface area contributed by atoms with Crippen LogP contribution < -0.4 is 20.3 Å². The van der Waals surface area contributed by atoms with Crippen molar-refractivity contribution < 1.29 is 19.1 Å². The maximum absolute atomic E-state index is 12.7. The fourth-order valence-electron chi connectivity index (χ4n) is 3.91. The maximum atomic E-state index is 12.7. The molecule has 1 fully saturated rings. The van der Waals surface area contributed by atoms with Crippen molar-refractivity contribution in [3.63, 3.8) is 0 Å². The van der Waals surface area contributed by atoms with Crippen LogP contribution in [0.15, 0.2) is 78.9 Å². The summed E-state index contributed by atoms with van der Waals surface area (Å²) in [6, 6.07) is 23.9. The monoisotopic (exact) mass is 457 g/mol. The van der Waals surface area contributed by atoms with Crippen LogP contribution >= 0.6 is 0 Å². The van der Waals surface area contributed by atoms with Gasteiger partial charge in [-0.2, -0.15) is 0 Å². The second kappa shape index (κ2) is 10.7. The molecule has 34 heavy (non-hydrogen) atoms. The first-order valence-corrected chi connectivity index (χ1v) is 11.2. The number of anilines is 2. The molecule has 1 atom stereocenters. The first-order chi connectivity index (χ1) is 16.5. The van der Waals surface area contributed by atoms with Crippen molar-refractivity contribution in [2.24, 2.45) is 5.92 Å². The minimum atomic E-state index is -0.449. The van der Waals surface area contributed by atoms with Crippen molar-refractivity contribution in [3.05, 3.63) is 90.0 Å². The summed E-state index contributed by atoms with van der Waals surface area (Å²) in [5.41, 5.74) is 3.01. The molecule has 0 radical (unpaired) electrons. The molecule has 1 aliphatic heterocycles. The predicted molar refractivity (Wildman–Crippen MR) is 131 cm³/mol. The molecule has 3 aromatic rings. The standard InChI is InChI=1S/C27H27N3O4/c1-34-24-13-11-23(12-14-24)30-18-21(17-25(30)31)27(33)29-22-9-7-20(8-10-22)26(32)28-16-15-19-5-3-2-4-6-19/h2-14,21H,15-18H2,1H3,(H,28,32)(H,29,33). The summed E-state index contributed by atoms with van der Waals surface area (Å²) < 4.78 is 5.15. The Hall–Kier alpha value is -4.13. The zero-order valence-electron chi connectivity index (χ0n) is 19.0. The van der Waals surface area contributed by atoms with Crippen LogP contribution in [0.1, 0.15) is 22.3 Å². The summed E-state index contributed by atoms with van der Waals surface area (Å²) in [5.74, 6) is -0.212. The van der Waals surface area contributed by atoms with Crippen LogP contribution in [0.2, 0.25) is 0 Å². The van der Waals surface area contributed by atoms with Gasteiger partial charge in [-0.1, -0.05) is 30.3 Å². The molecule has 2 N–H and O–H groups in total. The van der Waals surface area contributed by atoms with E-state index in [1.165, 1.54) is 0 Å². The van der Waals surface area contributed by atoms with Gasteiger partial charge in [0.05, 0.1) is 13.0 Å². The van der Waals surface area contributed by atoms with E-state index in [2.05, 4.69) is 10.6 Å². The average molecular weight is 458 g/mol. The van der Waals surface area contributed by atoms with Gasteiger partial charge in [-0.3, -0.25) is 14.4 Å². The minimum Gasteiger partial charge on any atom is -0.497 e. The molecule has 1 unspecified atom stereocenters. The van der Waals surface area contributed by atoms with Gasteiger partial charge in [0.2, 0.25) is 11.8 Å².